The first-order valence-corrected chi connectivity index (χ1v) is 6.40. The Morgan fingerprint density at radius 1 is 0.812 bits per heavy atom. The first kappa shape index (κ1) is 9.73. The van der Waals surface area contributed by atoms with E-state index in [-0.39, 0.29) is 0 Å². The van der Waals surface area contributed by atoms with Gasteiger partial charge in [0.2, 0.25) is 0 Å². The van der Waals surface area contributed by atoms with Crippen molar-refractivity contribution in [3.05, 3.63) is 71.3 Å². The Morgan fingerprint density at radius 3 is 2.44 bits per heavy atom. The van der Waals surface area contributed by atoms with Crippen LogP contribution in [0.15, 0.2) is 54.6 Å². The molecule has 0 amide bonds. The Hall–Kier alpha value is -1.47. The van der Waals surface area contributed by atoms with E-state index in [2.05, 4.69) is 60.7 Å². The molecule has 78 valence electrons. The predicted molar refractivity (Wildman–Crippen MR) is 72.1 cm³/mol. The molecule has 0 saturated carbocycles. The average molecular weight is 224 g/mol. The molecule has 1 heteroatoms. The first-order chi connectivity index (χ1) is 7.93. The van der Waals surface area contributed by atoms with Gasteiger partial charge in [-0.15, -0.1) is 11.8 Å². The summed E-state index contributed by atoms with van der Waals surface area (Å²) in [5, 5.41) is 0. The molecule has 0 aliphatic carbocycles. The van der Waals surface area contributed by atoms with Crippen LogP contribution in [-0.2, 0) is 5.75 Å². The molecule has 2 aromatic rings. The molecule has 0 saturated heterocycles. The van der Waals surface area contributed by atoms with Gasteiger partial charge >= 0.3 is 0 Å². The first-order valence-electron chi connectivity index (χ1n) is 5.41. The summed E-state index contributed by atoms with van der Waals surface area (Å²) in [6, 6.07) is 19.2. The normalized spacial score (nSPS) is 14.1. The quantitative estimate of drug-likeness (QED) is 0.690. The van der Waals surface area contributed by atoms with Gasteiger partial charge in [-0.2, -0.15) is 0 Å². The highest BCUT2D eigenvalue weighted by Gasteiger charge is 2.10. The lowest BCUT2D eigenvalue weighted by Crippen LogP contribution is -1.93. The second kappa shape index (κ2) is 4.18. The third kappa shape index (κ3) is 1.79. The van der Waals surface area contributed by atoms with Crippen molar-refractivity contribution in [2.45, 2.75) is 5.75 Å². The summed E-state index contributed by atoms with van der Waals surface area (Å²) in [6.45, 7) is 0. The van der Waals surface area contributed by atoms with Gasteiger partial charge in [-0.25, -0.2) is 0 Å². The molecule has 1 heterocycles. The molecular weight excluding hydrogens is 212 g/mol. The Kier molecular flexibility index (Phi) is 2.55. The van der Waals surface area contributed by atoms with Crippen molar-refractivity contribution in [3.63, 3.8) is 0 Å². The second-order valence-corrected chi connectivity index (χ2v) is 4.88. The maximum atomic E-state index is 2.29. The highest BCUT2D eigenvalue weighted by Crippen LogP contribution is 2.37. The van der Waals surface area contributed by atoms with Gasteiger partial charge in [0.1, 0.15) is 0 Å². The van der Waals surface area contributed by atoms with E-state index >= 15 is 0 Å². The van der Waals surface area contributed by atoms with E-state index in [0.717, 1.165) is 5.75 Å². The van der Waals surface area contributed by atoms with Gasteiger partial charge in [0.15, 0.2) is 0 Å². The van der Waals surface area contributed by atoms with Gasteiger partial charge in [-0.3, -0.25) is 0 Å². The minimum Gasteiger partial charge on any atom is -0.121 e. The standard InChI is InChI=1S/C15H12S/c1-2-6-12(7-3-1)15-10-13-8-4-5-9-14(13)11-16-15/h1-10H,11H2. The van der Waals surface area contributed by atoms with Crippen molar-refractivity contribution >= 4 is 22.7 Å². The summed E-state index contributed by atoms with van der Waals surface area (Å²) < 4.78 is 0. The number of hydrogen-bond acceptors (Lipinski definition) is 1. The fraction of sp³-hybridized carbons (Fsp3) is 0.0667. The maximum absolute atomic E-state index is 2.29. The van der Waals surface area contributed by atoms with Crippen LogP contribution in [-0.4, -0.2) is 0 Å². The highest BCUT2D eigenvalue weighted by atomic mass is 32.2. The molecule has 0 atom stereocenters. The lowest BCUT2D eigenvalue weighted by Gasteiger charge is -2.15. The van der Waals surface area contributed by atoms with Crippen molar-refractivity contribution < 1.29 is 0 Å². The zero-order chi connectivity index (χ0) is 10.8. The van der Waals surface area contributed by atoms with E-state index < -0.39 is 0 Å². The smallest absolute Gasteiger partial charge is 0.0238 e. The molecule has 0 unspecified atom stereocenters. The number of fused-ring (bicyclic) bond motifs is 1. The van der Waals surface area contributed by atoms with E-state index in [1.165, 1.54) is 21.6 Å². The lowest BCUT2D eigenvalue weighted by molar-refractivity contribution is 1.39. The van der Waals surface area contributed by atoms with Crippen LogP contribution in [0.2, 0.25) is 0 Å². The molecule has 0 spiro atoms. The lowest BCUT2D eigenvalue weighted by atomic mass is 10.1. The van der Waals surface area contributed by atoms with Crippen molar-refractivity contribution in [2.24, 2.45) is 0 Å². The average Bonchev–Trinajstić information content (AvgIpc) is 2.39. The molecular formula is C15H12S. The second-order valence-electron chi connectivity index (χ2n) is 3.86. The van der Waals surface area contributed by atoms with E-state index in [0.29, 0.717) is 0 Å². The fourth-order valence-electron chi connectivity index (χ4n) is 1.91. The summed E-state index contributed by atoms with van der Waals surface area (Å²) in [5.41, 5.74) is 4.12. The van der Waals surface area contributed by atoms with Crippen LogP contribution in [0, 0.1) is 0 Å². The van der Waals surface area contributed by atoms with Crippen molar-refractivity contribution in [1.82, 2.24) is 0 Å². The van der Waals surface area contributed by atoms with Crippen LogP contribution < -0.4 is 0 Å². The van der Waals surface area contributed by atoms with Gasteiger partial charge in [0.05, 0.1) is 0 Å². The molecule has 1 aliphatic rings. The van der Waals surface area contributed by atoms with Crippen LogP contribution in [0.4, 0.5) is 0 Å². The van der Waals surface area contributed by atoms with Crippen LogP contribution in [0.5, 0.6) is 0 Å². The van der Waals surface area contributed by atoms with Crippen LogP contribution in [0.1, 0.15) is 16.7 Å². The zero-order valence-electron chi connectivity index (χ0n) is 8.89. The monoisotopic (exact) mass is 224 g/mol. The SMILES string of the molecule is C1=C(c2ccccc2)SCc2ccccc21. The Bertz CT molecular complexity index is 526. The number of benzene rings is 2. The number of thioether (sulfide) groups is 1. The van der Waals surface area contributed by atoms with Gasteiger partial charge in [-0.1, -0.05) is 54.6 Å². The largest absolute Gasteiger partial charge is 0.121 e. The molecule has 0 fully saturated rings. The third-order valence-corrected chi connectivity index (χ3v) is 3.90. The van der Waals surface area contributed by atoms with Gasteiger partial charge in [-0.05, 0) is 22.8 Å². The van der Waals surface area contributed by atoms with E-state index in [9.17, 15) is 0 Å². The molecule has 1 aliphatic heterocycles. The Balaban J connectivity index is 2.04. The Labute approximate surface area is 100 Å². The predicted octanol–water partition coefficient (Wildman–Crippen LogP) is 4.43. The summed E-state index contributed by atoms with van der Waals surface area (Å²) >= 11 is 1.92. The van der Waals surface area contributed by atoms with Crippen molar-refractivity contribution in [3.8, 4) is 0 Å². The van der Waals surface area contributed by atoms with Crippen LogP contribution >= 0.6 is 11.8 Å². The van der Waals surface area contributed by atoms with E-state index in [4.69, 9.17) is 0 Å². The maximum Gasteiger partial charge on any atom is 0.0238 e. The number of hydrogen-bond donors (Lipinski definition) is 0. The molecule has 0 N–H and O–H groups in total. The summed E-state index contributed by atoms with van der Waals surface area (Å²) in [5.74, 6) is 1.08. The molecule has 0 radical (unpaired) electrons. The molecule has 0 aromatic heterocycles. The molecule has 3 rings (SSSR count). The van der Waals surface area contributed by atoms with Crippen LogP contribution in [0.3, 0.4) is 0 Å². The highest BCUT2D eigenvalue weighted by molar-refractivity contribution is 8.07. The van der Waals surface area contributed by atoms with Gasteiger partial charge < -0.3 is 0 Å². The summed E-state index contributed by atoms with van der Waals surface area (Å²) in [6.07, 6.45) is 2.29. The molecule has 0 bridgehead atoms. The van der Waals surface area contributed by atoms with E-state index in [1.54, 1.807) is 0 Å². The van der Waals surface area contributed by atoms with Crippen molar-refractivity contribution in [2.75, 3.05) is 0 Å². The van der Waals surface area contributed by atoms with Gasteiger partial charge in [0, 0.05) is 10.7 Å². The van der Waals surface area contributed by atoms with Crippen molar-refractivity contribution in [1.29, 1.82) is 0 Å². The number of rotatable bonds is 1. The minimum atomic E-state index is 1.08. The zero-order valence-corrected chi connectivity index (χ0v) is 9.71. The third-order valence-electron chi connectivity index (χ3n) is 2.78. The molecule has 2 aromatic carbocycles. The fourth-order valence-corrected chi connectivity index (χ4v) is 3.00. The minimum absolute atomic E-state index is 1.08. The topological polar surface area (TPSA) is 0 Å². The summed E-state index contributed by atoms with van der Waals surface area (Å²) in [7, 11) is 0. The molecule has 16 heavy (non-hydrogen) atoms. The summed E-state index contributed by atoms with van der Waals surface area (Å²) in [4.78, 5) is 1.37. The van der Waals surface area contributed by atoms with Gasteiger partial charge in [0.25, 0.3) is 0 Å². The van der Waals surface area contributed by atoms with E-state index in [1.807, 2.05) is 11.8 Å². The Morgan fingerprint density at radius 2 is 1.56 bits per heavy atom. The van der Waals surface area contributed by atoms with Crippen LogP contribution in [0.25, 0.3) is 11.0 Å². The molecule has 0 nitrogen and oxygen atoms in total.